The van der Waals surface area contributed by atoms with Gasteiger partial charge in [-0.1, -0.05) is 49.3 Å². The van der Waals surface area contributed by atoms with Crippen LogP contribution >= 0.6 is 12.2 Å². The lowest BCUT2D eigenvalue weighted by Crippen LogP contribution is -2.50. The van der Waals surface area contributed by atoms with Gasteiger partial charge in [0.2, 0.25) is 5.91 Å². The number of hydrogen-bond donors (Lipinski definition) is 2. The van der Waals surface area contributed by atoms with Gasteiger partial charge >= 0.3 is 0 Å². The monoisotopic (exact) mass is 442 g/mol. The van der Waals surface area contributed by atoms with Gasteiger partial charge in [-0.2, -0.15) is 0 Å². The van der Waals surface area contributed by atoms with Crippen LogP contribution in [0.5, 0.6) is 0 Å². The van der Waals surface area contributed by atoms with Gasteiger partial charge in [-0.25, -0.2) is 0 Å². The smallest absolute Gasteiger partial charge is 0.241 e. The molecule has 0 saturated carbocycles. The summed E-state index contributed by atoms with van der Waals surface area (Å²) in [4.78, 5) is 28.4. The number of ketones is 1. The Balaban J connectivity index is 1.21. The number of Topliss-reactive ketones (excluding diaryl/α,β-unsaturated/α-hetero) is 1. The van der Waals surface area contributed by atoms with Crippen molar-refractivity contribution in [1.82, 2.24) is 10.2 Å². The van der Waals surface area contributed by atoms with E-state index in [0.717, 1.165) is 38.0 Å². The Kier molecular flexibility index (Phi) is 7.51. The zero-order valence-electron chi connectivity index (χ0n) is 18.2. The van der Waals surface area contributed by atoms with Crippen LogP contribution in [0.3, 0.4) is 0 Å². The van der Waals surface area contributed by atoms with E-state index in [4.69, 9.17) is 12.2 Å². The van der Waals surface area contributed by atoms with Crippen molar-refractivity contribution in [2.45, 2.75) is 69.9 Å². The number of likely N-dealkylation sites (tertiary alicyclic amines) is 1. The first-order valence-electron chi connectivity index (χ1n) is 11.9. The van der Waals surface area contributed by atoms with Crippen molar-refractivity contribution in [1.29, 1.82) is 0 Å². The molecule has 2 saturated heterocycles. The molecular weight excluding hydrogens is 408 g/mol. The number of hydrogen-bond acceptors (Lipinski definition) is 5. The Labute approximate surface area is 190 Å². The summed E-state index contributed by atoms with van der Waals surface area (Å²) in [6.45, 7) is 1.08. The summed E-state index contributed by atoms with van der Waals surface area (Å²) in [5.41, 5.74) is 3.00. The lowest BCUT2D eigenvalue weighted by Gasteiger charge is -2.28. The van der Waals surface area contributed by atoms with E-state index in [9.17, 15) is 14.7 Å². The van der Waals surface area contributed by atoms with E-state index in [1.165, 1.54) is 30.4 Å². The minimum absolute atomic E-state index is 0.0202. The molecule has 168 valence electrons. The quantitative estimate of drug-likeness (QED) is 0.455. The normalized spacial score (nSPS) is 25.9. The summed E-state index contributed by atoms with van der Waals surface area (Å²) in [6.07, 6.45) is 8.86. The third-order valence-corrected chi connectivity index (χ3v) is 7.73. The Morgan fingerprint density at radius 3 is 2.58 bits per heavy atom. The number of aliphatic hydroxyl groups is 1. The zero-order chi connectivity index (χ0) is 21.8. The molecule has 1 unspecified atom stereocenters. The third kappa shape index (κ3) is 5.07. The van der Waals surface area contributed by atoms with Crippen LogP contribution in [0.4, 0.5) is 0 Å². The van der Waals surface area contributed by atoms with Gasteiger partial charge in [-0.15, -0.1) is 0 Å². The Morgan fingerprint density at radius 2 is 1.87 bits per heavy atom. The Bertz CT molecular complexity index is 802. The molecule has 6 heteroatoms. The number of fused-ring (bicyclic) bond motifs is 1. The predicted molar refractivity (Wildman–Crippen MR) is 125 cm³/mol. The molecular formula is C25H34N2O3S. The van der Waals surface area contributed by atoms with Crippen LogP contribution in [0.25, 0.3) is 0 Å². The highest BCUT2D eigenvalue weighted by Crippen LogP contribution is 2.30. The fourth-order valence-electron chi connectivity index (χ4n) is 5.63. The summed E-state index contributed by atoms with van der Waals surface area (Å²) >= 11 is 5.45. The predicted octanol–water partition coefficient (Wildman–Crippen LogP) is 2.86. The van der Waals surface area contributed by atoms with Crippen molar-refractivity contribution in [3.63, 3.8) is 0 Å². The van der Waals surface area contributed by atoms with Crippen LogP contribution in [0, 0.1) is 11.8 Å². The summed E-state index contributed by atoms with van der Waals surface area (Å²) in [7, 11) is 0. The Morgan fingerprint density at radius 1 is 1.13 bits per heavy atom. The molecule has 2 heterocycles. The molecule has 1 aliphatic carbocycles. The highest BCUT2D eigenvalue weighted by atomic mass is 32.1. The minimum Gasteiger partial charge on any atom is -0.394 e. The van der Waals surface area contributed by atoms with Gasteiger partial charge in [0.05, 0.1) is 18.6 Å². The third-order valence-electron chi connectivity index (χ3n) is 7.33. The number of unbranched alkanes of at least 4 members (excludes halogenated alkanes) is 2. The lowest BCUT2D eigenvalue weighted by molar-refractivity contribution is -0.137. The van der Waals surface area contributed by atoms with Gasteiger partial charge in [0.1, 0.15) is 11.8 Å². The molecule has 1 aromatic rings. The van der Waals surface area contributed by atoms with Gasteiger partial charge < -0.3 is 15.3 Å². The van der Waals surface area contributed by atoms with Gasteiger partial charge in [-0.05, 0) is 55.6 Å². The summed E-state index contributed by atoms with van der Waals surface area (Å²) in [6, 6.07) is 8.07. The molecule has 31 heavy (non-hydrogen) atoms. The number of amides is 1. The van der Waals surface area contributed by atoms with E-state index in [2.05, 4.69) is 29.6 Å². The van der Waals surface area contributed by atoms with E-state index in [-0.39, 0.29) is 24.3 Å². The number of carbonyl (C=O) groups is 2. The SMILES string of the molecule is O=C(CCCCCC1Cc2ccccc2C1)C1C(=S)CN[C@@H]1C(=O)N1CCC[C@H]1CO. The molecule has 0 radical (unpaired) electrons. The van der Waals surface area contributed by atoms with Crippen molar-refractivity contribution in [3.05, 3.63) is 35.4 Å². The van der Waals surface area contributed by atoms with Gasteiger partial charge in [0.25, 0.3) is 0 Å². The summed E-state index contributed by atoms with van der Waals surface area (Å²) < 4.78 is 0. The number of nitrogens with one attached hydrogen (secondary N) is 1. The van der Waals surface area contributed by atoms with E-state index >= 15 is 0 Å². The second-order valence-corrected chi connectivity index (χ2v) is 9.95. The highest BCUT2D eigenvalue weighted by molar-refractivity contribution is 7.80. The maximum atomic E-state index is 13.0. The number of carbonyl (C=O) groups excluding carboxylic acids is 2. The van der Waals surface area contributed by atoms with Gasteiger partial charge in [0.15, 0.2) is 0 Å². The molecule has 5 nitrogen and oxygen atoms in total. The first-order chi connectivity index (χ1) is 15.1. The summed E-state index contributed by atoms with van der Waals surface area (Å²) in [5.74, 6) is 0.269. The number of nitrogens with zero attached hydrogens (tertiary/aromatic N) is 1. The van der Waals surface area contributed by atoms with Crippen LogP contribution in [-0.2, 0) is 22.4 Å². The van der Waals surface area contributed by atoms with E-state index in [0.29, 0.717) is 24.4 Å². The molecule has 3 atom stereocenters. The molecule has 0 spiro atoms. The maximum absolute atomic E-state index is 13.0. The van der Waals surface area contributed by atoms with Crippen LogP contribution in [0.15, 0.2) is 24.3 Å². The second kappa shape index (κ2) is 10.3. The average Bonchev–Trinajstić information content (AvgIpc) is 3.50. The van der Waals surface area contributed by atoms with Crippen LogP contribution in [-0.4, -0.2) is 58.3 Å². The molecule has 0 aromatic heterocycles. The van der Waals surface area contributed by atoms with Gasteiger partial charge in [0, 0.05) is 24.4 Å². The molecule has 0 bridgehead atoms. The highest BCUT2D eigenvalue weighted by Gasteiger charge is 2.44. The molecule has 2 fully saturated rings. The van der Waals surface area contributed by atoms with Crippen molar-refractivity contribution in [2.75, 3.05) is 19.7 Å². The van der Waals surface area contributed by atoms with E-state index < -0.39 is 12.0 Å². The lowest BCUT2D eigenvalue weighted by atomic mass is 9.90. The number of thiocarbonyl (C=S) groups is 1. The fourth-order valence-corrected chi connectivity index (χ4v) is 5.98. The zero-order valence-corrected chi connectivity index (χ0v) is 19.0. The van der Waals surface area contributed by atoms with Gasteiger partial charge in [-0.3, -0.25) is 9.59 Å². The number of aliphatic hydroxyl groups excluding tert-OH is 1. The minimum atomic E-state index is -0.552. The van der Waals surface area contributed by atoms with Crippen molar-refractivity contribution in [3.8, 4) is 0 Å². The molecule has 1 amide bonds. The maximum Gasteiger partial charge on any atom is 0.241 e. The van der Waals surface area contributed by atoms with E-state index in [1.807, 2.05) is 0 Å². The van der Waals surface area contributed by atoms with Crippen molar-refractivity contribution in [2.24, 2.45) is 11.8 Å². The number of benzene rings is 1. The van der Waals surface area contributed by atoms with Crippen LogP contribution < -0.4 is 5.32 Å². The first kappa shape index (κ1) is 22.6. The van der Waals surface area contributed by atoms with Crippen LogP contribution in [0.1, 0.15) is 56.1 Å². The fraction of sp³-hybridized carbons (Fsp3) is 0.640. The number of rotatable bonds is 9. The summed E-state index contributed by atoms with van der Waals surface area (Å²) in [5, 5.41) is 12.7. The standard InChI is InChI=1S/C25H34N2O3S/c28-16-20-10-6-12-27(20)25(30)24-23(22(31)15-26-24)21(29)11-3-1-2-7-17-13-18-8-4-5-9-19(18)14-17/h4-5,8-9,17,20,23-24,26,28H,1-3,6-7,10-16H2/t20-,23?,24-/m0/s1. The topological polar surface area (TPSA) is 69.6 Å². The van der Waals surface area contributed by atoms with Crippen LogP contribution in [0.2, 0.25) is 0 Å². The molecule has 2 aliphatic heterocycles. The molecule has 4 rings (SSSR count). The molecule has 1 aromatic carbocycles. The second-order valence-electron chi connectivity index (χ2n) is 9.42. The van der Waals surface area contributed by atoms with Crippen molar-refractivity contribution >= 4 is 28.8 Å². The van der Waals surface area contributed by atoms with Crippen molar-refractivity contribution < 1.29 is 14.7 Å². The largest absolute Gasteiger partial charge is 0.394 e. The first-order valence-corrected chi connectivity index (χ1v) is 12.3. The molecule has 3 aliphatic rings. The Hall–Kier alpha value is -1.63. The van der Waals surface area contributed by atoms with E-state index in [1.54, 1.807) is 4.90 Å². The molecule has 2 N–H and O–H groups in total. The average molecular weight is 443 g/mol.